The molecular weight excluding hydrogens is 365 g/mol. The summed E-state index contributed by atoms with van der Waals surface area (Å²) in [5, 5.41) is 1.12. The van der Waals surface area contributed by atoms with Gasteiger partial charge in [0.15, 0.2) is 5.78 Å². The van der Waals surface area contributed by atoms with Gasteiger partial charge >= 0.3 is 0 Å². The number of hydrogen-bond acceptors (Lipinski definition) is 1. The fourth-order valence-corrected chi connectivity index (χ4v) is 4.44. The van der Waals surface area contributed by atoms with Crippen molar-refractivity contribution in [1.82, 2.24) is 4.57 Å². The van der Waals surface area contributed by atoms with E-state index in [1.54, 1.807) is 0 Å². The number of rotatable bonds is 2. The van der Waals surface area contributed by atoms with Crippen molar-refractivity contribution in [3.63, 3.8) is 0 Å². The van der Waals surface area contributed by atoms with E-state index in [0.29, 0.717) is 16.5 Å². The highest BCUT2D eigenvalue weighted by atomic mass is 35.5. The van der Waals surface area contributed by atoms with Crippen LogP contribution in [0.5, 0.6) is 0 Å². The van der Waals surface area contributed by atoms with Gasteiger partial charge in [-0.05, 0) is 36.1 Å². The number of halogens is 2. The van der Waals surface area contributed by atoms with Crippen molar-refractivity contribution < 1.29 is 4.79 Å². The summed E-state index contributed by atoms with van der Waals surface area (Å²) >= 11 is 12.9. The highest BCUT2D eigenvalue weighted by Crippen LogP contribution is 2.44. The number of ketones is 1. The molecule has 0 saturated heterocycles. The fraction of sp³-hybridized carbons (Fsp3) is 0.227. The van der Waals surface area contributed by atoms with Crippen LogP contribution in [0.4, 0.5) is 0 Å². The number of para-hydroxylation sites is 1. The van der Waals surface area contributed by atoms with Gasteiger partial charge in [-0.15, -0.1) is 0 Å². The monoisotopic (exact) mass is 383 g/mol. The minimum atomic E-state index is -0.0729. The Morgan fingerprint density at radius 1 is 0.885 bits per heavy atom. The van der Waals surface area contributed by atoms with Gasteiger partial charge in [0.2, 0.25) is 0 Å². The van der Waals surface area contributed by atoms with Gasteiger partial charge in [-0.3, -0.25) is 4.79 Å². The molecule has 26 heavy (non-hydrogen) atoms. The molecule has 0 unspecified atom stereocenters. The summed E-state index contributed by atoms with van der Waals surface area (Å²) < 4.78 is 2.11. The molecule has 0 atom stereocenters. The zero-order valence-corrected chi connectivity index (χ0v) is 16.2. The normalized spacial score (nSPS) is 15.8. The molecule has 0 aliphatic heterocycles. The first-order valence-electron chi connectivity index (χ1n) is 8.65. The third kappa shape index (κ3) is 2.87. The minimum Gasteiger partial charge on any atom is -0.319 e. The Hall–Kier alpha value is -2.03. The van der Waals surface area contributed by atoms with Crippen LogP contribution in [0.1, 0.15) is 36.3 Å². The molecule has 1 aliphatic carbocycles. The quantitative estimate of drug-likeness (QED) is 0.488. The maximum absolute atomic E-state index is 13.1. The molecule has 4 heteroatoms. The van der Waals surface area contributed by atoms with Gasteiger partial charge in [0.1, 0.15) is 0 Å². The van der Waals surface area contributed by atoms with E-state index in [0.717, 1.165) is 34.5 Å². The van der Waals surface area contributed by atoms with Crippen LogP contribution >= 0.6 is 23.2 Å². The van der Waals surface area contributed by atoms with Crippen LogP contribution in [0.25, 0.3) is 16.8 Å². The molecule has 4 rings (SSSR count). The maximum Gasteiger partial charge on any atom is 0.165 e. The SMILES string of the molecule is CC1(C)CC(=O)c2c(-c3c(Cl)cccc3Cl)cn(-c3ccccc3)c2C1. The van der Waals surface area contributed by atoms with Crippen LogP contribution in [0, 0.1) is 5.41 Å². The Balaban J connectivity index is 2.03. The van der Waals surface area contributed by atoms with E-state index >= 15 is 0 Å². The predicted octanol–water partition coefficient (Wildman–Crippen LogP) is 6.61. The van der Waals surface area contributed by atoms with Crippen LogP contribution in [0.2, 0.25) is 10.0 Å². The molecule has 0 bridgehead atoms. The van der Waals surface area contributed by atoms with Crippen molar-refractivity contribution >= 4 is 29.0 Å². The summed E-state index contributed by atoms with van der Waals surface area (Å²) in [7, 11) is 0. The molecule has 1 aliphatic rings. The molecule has 0 spiro atoms. The first-order valence-corrected chi connectivity index (χ1v) is 9.40. The van der Waals surface area contributed by atoms with Crippen LogP contribution in [-0.2, 0) is 6.42 Å². The Morgan fingerprint density at radius 3 is 2.19 bits per heavy atom. The number of hydrogen-bond donors (Lipinski definition) is 0. The summed E-state index contributed by atoms with van der Waals surface area (Å²) in [6, 6.07) is 15.5. The molecule has 0 radical (unpaired) electrons. The van der Waals surface area contributed by atoms with E-state index in [-0.39, 0.29) is 11.2 Å². The largest absolute Gasteiger partial charge is 0.319 e. The lowest BCUT2D eigenvalue weighted by atomic mass is 9.75. The molecule has 3 aromatic rings. The Labute approximate surface area is 163 Å². The lowest BCUT2D eigenvalue weighted by Crippen LogP contribution is -2.28. The number of fused-ring (bicyclic) bond motifs is 1. The summed E-state index contributed by atoms with van der Waals surface area (Å²) in [6.07, 6.45) is 3.35. The van der Waals surface area contributed by atoms with Gasteiger partial charge < -0.3 is 4.57 Å². The maximum atomic E-state index is 13.1. The molecule has 1 heterocycles. The van der Waals surface area contributed by atoms with Crippen molar-refractivity contribution in [2.24, 2.45) is 5.41 Å². The van der Waals surface area contributed by atoms with Crippen LogP contribution in [0.3, 0.4) is 0 Å². The second-order valence-corrected chi connectivity index (χ2v) is 8.42. The van der Waals surface area contributed by atoms with E-state index in [9.17, 15) is 4.79 Å². The van der Waals surface area contributed by atoms with Crippen LogP contribution < -0.4 is 0 Å². The average molecular weight is 384 g/mol. The highest BCUT2D eigenvalue weighted by Gasteiger charge is 2.36. The lowest BCUT2D eigenvalue weighted by Gasteiger charge is -2.30. The van der Waals surface area contributed by atoms with Gasteiger partial charge in [0.25, 0.3) is 0 Å². The lowest BCUT2D eigenvalue weighted by molar-refractivity contribution is 0.0911. The highest BCUT2D eigenvalue weighted by molar-refractivity contribution is 6.39. The van der Waals surface area contributed by atoms with Gasteiger partial charge in [-0.2, -0.15) is 0 Å². The van der Waals surface area contributed by atoms with E-state index in [1.165, 1.54) is 0 Å². The molecule has 0 saturated carbocycles. The molecule has 2 aromatic carbocycles. The minimum absolute atomic E-state index is 0.0729. The molecule has 132 valence electrons. The Kier molecular flexibility index (Phi) is 4.21. The van der Waals surface area contributed by atoms with Crippen molar-refractivity contribution in [3.8, 4) is 16.8 Å². The topological polar surface area (TPSA) is 22.0 Å². The van der Waals surface area contributed by atoms with Gasteiger partial charge in [0.05, 0.1) is 0 Å². The van der Waals surface area contributed by atoms with Gasteiger partial charge in [-0.25, -0.2) is 0 Å². The van der Waals surface area contributed by atoms with Crippen molar-refractivity contribution in [2.45, 2.75) is 26.7 Å². The number of benzene rings is 2. The summed E-state index contributed by atoms with van der Waals surface area (Å²) in [5.74, 6) is 0.150. The summed E-state index contributed by atoms with van der Waals surface area (Å²) in [5.41, 5.74) is 4.29. The van der Waals surface area contributed by atoms with E-state index < -0.39 is 0 Å². The fourth-order valence-electron chi connectivity index (χ4n) is 3.83. The number of nitrogens with zero attached hydrogens (tertiary/aromatic N) is 1. The number of Topliss-reactive ketones (excluding diaryl/α,β-unsaturated/α-hetero) is 1. The molecule has 0 N–H and O–H groups in total. The first kappa shape index (κ1) is 17.4. The second kappa shape index (κ2) is 6.29. The molecule has 0 amide bonds. The van der Waals surface area contributed by atoms with Crippen LogP contribution in [-0.4, -0.2) is 10.4 Å². The third-order valence-electron chi connectivity index (χ3n) is 4.94. The second-order valence-electron chi connectivity index (χ2n) is 7.61. The smallest absolute Gasteiger partial charge is 0.165 e. The van der Waals surface area contributed by atoms with E-state index in [4.69, 9.17) is 23.2 Å². The summed E-state index contributed by atoms with van der Waals surface area (Å²) in [4.78, 5) is 13.1. The van der Waals surface area contributed by atoms with Gasteiger partial charge in [0, 0.05) is 50.7 Å². The van der Waals surface area contributed by atoms with Crippen molar-refractivity contribution in [3.05, 3.63) is 76.0 Å². The van der Waals surface area contributed by atoms with Crippen molar-refractivity contribution in [1.29, 1.82) is 0 Å². The molecule has 1 aromatic heterocycles. The molecular formula is C22H19Cl2NO. The number of carbonyl (C=O) groups excluding carboxylic acids is 1. The van der Waals surface area contributed by atoms with Crippen LogP contribution in [0.15, 0.2) is 54.7 Å². The van der Waals surface area contributed by atoms with E-state index in [2.05, 4.69) is 18.4 Å². The number of carbonyl (C=O) groups is 1. The Morgan fingerprint density at radius 2 is 1.54 bits per heavy atom. The standard InChI is InChI=1S/C22H19Cl2NO/c1-22(2)11-18-21(19(26)12-22)15(20-16(23)9-6-10-17(20)24)13-25(18)14-7-4-3-5-8-14/h3-10,13H,11-12H2,1-2H3. The average Bonchev–Trinajstić information content (AvgIpc) is 2.93. The van der Waals surface area contributed by atoms with E-state index in [1.807, 2.05) is 54.7 Å². The first-order chi connectivity index (χ1) is 12.4. The van der Waals surface area contributed by atoms with Gasteiger partial charge in [-0.1, -0.05) is 61.3 Å². The number of aromatic nitrogens is 1. The van der Waals surface area contributed by atoms with Crippen molar-refractivity contribution in [2.75, 3.05) is 0 Å². The molecule has 0 fully saturated rings. The zero-order valence-electron chi connectivity index (χ0n) is 14.7. The summed E-state index contributed by atoms with van der Waals surface area (Å²) in [6.45, 7) is 4.27. The Bertz CT molecular complexity index is 982. The zero-order chi connectivity index (χ0) is 18.5. The third-order valence-corrected chi connectivity index (χ3v) is 5.57. The predicted molar refractivity (Wildman–Crippen MR) is 108 cm³/mol. The molecule has 2 nitrogen and oxygen atoms in total.